The quantitative estimate of drug-likeness (QED) is 0.667. The molecule has 1 unspecified atom stereocenters. The third-order valence-electron chi connectivity index (χ3n) is 2.90. The molecule has 0 heterocycles. The van der Waals surface area contributed by atoms with Gasteiger partial charge in [0.2, 0.25) is 5.91 Å². The molecule has 4 N–H and O–H groups in total. The van der Waals surface area contributed by atoms with Crippen molar-refractivity contribution in [2.75, 3.05) is 24.6 Å². The van der Waals surface area contributed by atoms with Gasteiger partial charge in [0, 0.05) is 17.9 Å². The summed E-state index contributed by atoms with van der Waals surface area (Å²) in [5, 5.41) is 11.4. The predicted octanol–water partition coefficient (Wildman–Crippen LogP) is 1.00. The highest BCUT2D eigenvalue weighted by Crippen LogP contribution is 2.11. The molecule has 1 rings (SSSR count). The van der Waals surface area contributed by atoms with Crippen LogP contribution in [0.3, 0.4) is 0 Å². The third kappa shape index (κ3) is 4.97. The number of carbonyl (C=O) groups is 2. The van der Waals surface area contributed by atoms with Gasteiger partial charge in [-0.25, -0.2) is 0 Å². The first-order valence-corrected chi connectivity index (χ1v) is 5.98. The molecule has 0 radical (unpaired) electrons. The summed E-state index contributed by atoms with van der Waals surface area (Å²) in [7, 11) is 1.72. The molecule has 0 saturated carbocycles. The van der Waals surface area contributed by atoms with Crippen molar-refractivity contribution >= 4 is 23.3 Å². The summed E-state index contributed by atoms with van der Waals surface area (Å²) in [4.78, 5) is 24.1. The molecule has 0 aliphatic carbocycles. The number of likely N-dealkylation sites (N-methyl/N-ethyl adjacent to an activating group) is 1. The first-order chi connectivity index (χ1) is 8.90. The van der Waals surface area contributed by atoms with E-state index in [1.807, 2.05) is 0 Å². The van der Waals surface area contributed by atoms with Crippen LogP contribution in [-0.4, -0.2) is 41.5 Å². The van der Waals surface area contributed by atoms with Crippen LogP contribution in [0.25, 0.3) is 0 Å². The fraction of sp³-hybridized carbons (Fsp3) is 0.385. The number of nitrogen functional groups attached to an aromatic ring is 1. The van der Waals surface area contributed by atoms with Gasteiger partial charge in [-0.1, -0.05) is 0 Å². The molecule has 6 heteroatoms. The number of carbonyl (C=O) groups excluding carboxylic acids is 1. The maximum absolute atomic E-state index is 12.0. The second kappa shape index (κ2) is 6.75. The molecular weight excluding hydrogens is 246 g/mol. The van der Waals surface area contributed by atoms with Gasteiger partial charge in [0.25, 0.3) is 0 Å². The Bertz CT molecular complexity index is 445. The molecule has 0 fully saturated rings. The van der Waals surface area contributed by atoms with E-state index in [1.165, 1.54) is 0 Å². The van der Waals surface area contributed by atoms with Crippen molar-refractivity contribution in [3.05, 3.63) is 24.3 Å². The van der Waals surface area contributed by atoms with Crippen molar-refractivity contribution in [2.45, 2.75) is 19.4 Å². The number of rotatable bonds is 6. The second-order valence-electron chi connectivity index (χ2n) is 4.41. The maximum atomic E-state index is 12.0. The van der Waals surface area contributed by atoms with Gasteiger partial charge < -0.3 is 16.2 Å². The molecule has 104 valence electrons. The lowest BCUT2D eigenvalue weighted by atomic mass is 10.2. The zero-order chi connectivity index (χ0) is 14.4. The van der Waals surface area contributed by atoms with Crippen LogP contribution in [0.2, 0.25) is 0 Å². The number of nitrogens with one attached hydrogen (secondary N) is 1. The Morgan fingerprint density at radius 3 is 2.47 bits per heavy atom. The van der Waals surface area contributed by atoms with Crippen molar-refractivity contribution in [1.29, 1.82) is 0 Å². The van der Waals surface area contributed by atoms with E-state index in [-0.39, 0.29) is 12.3 Å². The molecule has 0 saturated heterocycles. The first kappa shape index (κ1) is 15.0. The average molecular weight is 265 g/mol. The largest absolute Gasteiger partial charge is 0.481 e. The molecule has 19 heavy (non-hydrogen) atoms. The molecular formula is C13H19N3O3. The maximum Gasteiger partial charge on any atom is 0.304 e. The molecule has 1 amide bonds. The number of hydrogen-bond acceptors (Lipinski definition) is 4. The lowest BCUT2D eigenvalue weighted by Gasteiger charge is -2.23. The van der Waals surface area contributed by atoms with Crippen molar-refractivity contribution in [1.82, 2.24) is 4.90 Å². The molecule has 1 aromatic carbocycles. The fourth-order valence-corrected chi connectivity index (χ4v) is 1.48. The van der Waals surface area contributed by atoms with Gasteiger partial charge in [-0.2, -0.15) is 0 Å². The number of aliphatic carboxylic acids is 1. The SMILES string of the molecule is CC(C(=O)Nc1ccc(N)cc1)N(C)CCC(=O)O. The summed E-state index contributed by atoms with van der Waals surface area (Å²) in [5.74, 6) is -1.06. The van der Waals surface area contributed by atoms with Gasteiger partial charge in [0.05, 0.1) is 12.5 Å². The Morgan fingerprint density at radius 2 is 1.95 bits per heavy atom. The van der Waals surface area contributed by atoms with E-state index >= 15 is 0 Å². The minimum atomic E-state index is -0.877. The molecule has 1 atom stereocenters. The van der Waals surface area contributed by atoms with Gasteiger partial charge in [0.1, 0.15) is 0 Å². The highest BCUT2D eigenvalue weighted by molar-refractivity contribution is 5.94. The van der Waals surface area contributed by atoms with E-state index in [4.69, 9.17) is 10.8 Å². The number of nitrogens with zero attached hydrogens (tertiary/aromatic N) is 1. The average Bonchev–Trinajstić information content (AvgIpc) is 2.37. The molecule has 1 aromatic rings. The van der Waals surface area contributed by atoms with Gasteiger partial charge in [-0.3, -0.25) is 14.5 Å². The van der Waals surface area contributed by atoms with Crippen molar-refractivity contribution < 1.29 is 14.7 Å². The summed E-state index contributed by atoms with van der Waals surface area (Å²) in [6, 6.07) is 6.44. The minimum absolute atomic E-state index is 0.00991. The van der Waals surface area contributed by atoms with Gasteiger partial charge >= 0.3 is 5.97 Å². The summed E-state index contributed by atoms with van der Waals surface area (Å²) in [6.07, 6.45) is 0.00991. The minimum Gasteiger partial charge on any atom is -0.481 e. The predicted molar refractivity (Wildman–Crippen MR) is 73.8 cm³/mol. The Hall–Kier alpha value is -2.08. The van der Waals surface area contributed by atoms with E-state index in [0.717, 1.165) is 0 Å². The van der Waals surface area contributed by atoms with Crippen LogP contribution in [-0.2, 0) is 9.59 Å². The Labute approximate surface area is 112 Å². The Morgan fingerprint density at radius 1 is 1.37 bits per heavy atom. The zero-order valence-corrected chi connectivity index (χ0v) is 11.1. The Balaban J connectivity index is 2.52. The first-order valence-electron chi connectivity index (χ1n) is 5.98. The third-order valence-corrected chi connectivity index (χ3v) is 2.90. The van der Waals surface area contributed by atoms with E-state index in [1.54, 1.807) is 43.1 Å². The number of benzene rings is 1. The molecule has 0 bridgehead atoms. The smallest absolute Gasteiger partial charge is 0.304 e. The number of amides is 1. The summed E-state index contributed by atoms with van der Waals surface area (Å²) >= 11 is 0. The molecule has 0 aliphatic rings. The van der Waals surface area contributed by atoms with E-state index in [2.05, 4.69) is 5.32 Å². The van der Waals surface area contributed by atoms with Crippen molar-refractivity contribution in [3.8, 4) is 0 Å². The number of carboxylic acids is 1. The van der Waals surface area contributed by atoms with E-state index in [0.29, 0.717) is 17.9 Å². The van der Waals surface area contributed by atoms with Crippen molar-refractivity contribution in [2.24, 2.45) is 0 Å². The lowest BCUT2D eigenvalue weighted by Crippen LogP contribution is -2.40. The summed E-state index contributed by atoms with van der Waals surface area (Å²) in [6.45, 7) is 2.06. The standard InChI is InChI=1S/C13H19N3O3/c1-9(16(2)8-7-12(17)18)13(19)15-11-5-3-10(14)4-6-11/h3-6,9H,7-8,14H2,1-2H3,(H,15,19)(H,17,18). The van der Waals surface area contributed by atoms with E-state index in [9.17, 15) is 9.59 Å². The van der Waals surface area contributed by atoms with Gasteiger partial charge in [-0.05, 0) is 38.2 Å². The van der Waals surface area contributed by atoms with Crippen LogP contribution in [0.1, 0.15) is 13.3 Å². The molecule has 0 aliphatic heterocycles. The number of hydrogen-bond donors (Lipinski definition) is 3. The van der Waals surface area contributed by atoms with Crippen molar-refractivity contribution in [3.63, 3.8) is 0 Å². The number of anilines is 2. The van der Waals surface area contributed by atoms with Crippen LogP contribution < -0.4 is 11.1 Å². The van der Waals surface area contributed by atoms with Crippen LogP contribution in [0, 0.1) is 0 Å². The molecule has 0 aromatic heterocycles. The van der Waals surface area contributed by atoms with E-state index < -0.39 is 12.0 Å². The fourth-order valence-electron chi connectivity index (χ4n) is 1.48. The zero-order valence-electron chi connectivity index (χ0n) is 11.1. The van der Waals surface area contributed by atoms with Crippen LogP contribution in [0.5, 0.6) is 0 Å². The lowest BCUT2D eigenvalue weighted by molar-refractivity contribution is -0.137. The second-order valence-corrected chi connectivity index (χ2v) is 4.41. The normalized spacial score (nSPS) is 12.2. The molecule has 0 spiro atoms. The summed E-state index contributed by atoms with van der Waals surface area (Å²) in [5.41, 5.74) is 6.85. The monoisotopic (exact) mass is 265 g/mol. The van der Waals surface area contributed by atoms with Crippen LogP contribution in [0.15, 0.2) is 24.3 Å². The van der Waals surface area contributed by atoms with Crippen LogP contribution >= 0.6 is 0 Å². The number of nitrogens with two attached hydrogens (primary N) is 1. The Kier molecular flexibility index (Phi) is 5.32. The highest BCUT2D eigenvalue weighted by Gasteiger charge is 2.18. The van der Waals surface area contributed by atoms with Gasteiger partial charge in [0.15, 0.2) is 0 Å². The topological polar surface area (TPSA) is 95.7 Å². The molecule has 6 nitrogen and oxygen atoms in total. The number of carboxylic acid groups (broad SMARTS) is 1. The summed E-state index contributed by atoms with van der Waals surface area (Å²) < 4.78 is 0. The van der Waals surface area contributed by atoms with Gasteiger partial charge in [-0.15, -0.1) is 0 Å². The van der Waals surface area contributed by atoms with Crippen LogP contribution in [0.4, 0.5) is 11.4 Å². The highest BCUT2D eigenvalue weighted by atomic mass is 16.4.